The van der Waals surface area contributed by atoms with E-state index in [1.54, 1.807) is 18.6 Å². The van der Waals surface area contributed by atoms with Gasteiger partial charge in [0.15, 0.2) is 0 Å². The largest absolute Gasteiger partial charge is 0.347 e. The van der Waals surface area contributed by atoms with E-state index in [1.807, 2.05) is 35.2 Å². The van der Waals surface area contributed by atoms with Gasteiger partial charge in [-0.2, -0.15) is 0 Å². The summed E-state index contributed by atoms with van der Waals surface area (Å²) in [6.45, 7) is 3.31. The summed E-state index contributed by atoms with van der Waals surface area (Å²) < 4.78 is 0. The summed E-state index contributed by atoms with van der Waals surface area (Å²) in [7, 11) is 0. The second kappa shape index (κ2) is 7.05. The van der Waals surface area contributed by atoms with Crippen LogP contribution in [0.5, 0.6) is 0 Å². The van der Waals surface area contributed by atoms with E-state index in [1.165, 1.54) is 0 Å². The fourth-order valence-electron chi connectivity index (χ4n) is 2.54. The first-order chi connectivity index (χ1) is 11.3. The molecule has 1 amide bonds. The molecule has 5 heteroatoms. The first kappa shape index (κ1) is 15.2. The van der Waals surface area contributed by atoms with Crippen LogP contribution < -0.4 is 0 Å². The van der Waals surface area contributed by atoms with Gasteiger partial charge in [0, 0.05) is 30.5 Å². The first-order valence-corrected chi connectivity index (χ1v) is 7.90. The molecule has 0 bridgehead atoms. The molecule has 1 N–H and O–H groups in total. The highest BCUT2D eigenvalue weighted by Crippen LogP contribution is 2.15. The Morgan fingerprint density at radius 1 is 1.26 bits per heavy atom. The average Bonchev–Trinajstić information content (AvgIpc) is 3.10. The maximum absolute atomic E-state index is 12.9. The van der Waals surface area contributed by atoms with Gasteiger partial charge >= 0.3 is 0 Å². The summed E-state index contributed by atoms with van der Waals surface area (Å²) in [5.74, 6) is 0.788. The normalized spacial score (nSPS) is 10.8. The summed E-state index contributed by atoms with van der Waals surface area (Å²) in [4.78, 5) is 26.4. The lowest BCUT2D eigenvalue weighted by Gasteiger charge is -2.21. The fraction of sp³-hybridized carbons (Fsp3) is 0.278. The van der Waals surface area contributed by atoms with Crippen LogP contribution in [-0.4, -0.2) is 32.3 Å². The molecule has 0 unspecified atom stereocenters. The Bertz CT molecular complexity index is 783. The second-order valence-corrected chi connectivity index (χ2v) is 5.53. The molecule has 3 aromatic rings. The van der Waals surface area contributed by atoms with Gasteiger partial charge in [-0.15, -0.1) is 0 Å². The molecule has 118 valence electrons. The van der Waals surface area contributed by atoms with Crippen LogP contribution in [0.1, 0.15) is 35.9 Å². The lowest BCUT2D eigenvalue weighted by molar-refractivity contribution is 0.0736. The van der Waals surface area contributed by atoms with Crippen LogP contribution >= 0.6 is 0 Å². The molecule has 2 heterocycles. The third-order valence-corrected chi connectivity index (χ3v) is 3.80. The van der Waals surface area contributed by atoms with Crippen molar-refractivity contribution in [2.24, 2.45) is 0 Å². The number of para-hydroxylation sites is 1. The monoisotopic (exact) mass is 308 g/mol. The predicted molar refractivity (Wildman–Crippen MR) is 90.0 cm³/mol. The zero-order valence-electron chi connectivity index (χ0n) is 13.2. The Kier molecular flexibility index (Phi) is 4.66. The Morgan fingerprint density at radius 2 is 2.13 bits per heavy atom. The van der Waals surface area contributed by atoms with Gasteiger partial charge in [0.25, 0.3) is 5.91 Å². The molecule has 0 aliphatic heterocycles. The third-order valence-electron chi connectivity index (χ3n) is 3.80. The minimum Gasteiger partial charge on any atom is -0.347 e. The van der Waals surface area contributed by atoms with Crippen LogP contribution in [0.2, 0.25) is 0 Å². The van der Waals surface area contributed by atoms with Crippen LogP contribution in [0.3, 0.4) is 0 Å². The molecule has 3 rings (SSSR count). The Morgan fingerprint density at radius 3 is 2.91 bits per heavy atom. The van der Waals surface area contributed by atoms with Crippen molar-refractivity contribution in [3.63, 3.8) is 0 Å². The predicted octanol–water partition coefficient (Wildman–Crippen LogP) is 3.40. The number of pyridine rings is 1. The van der Waals surface area contributed by atoms with E-state index < -0.39 is 0 Å². The highest BCUT2D eigenvalue weighted by atomic mass is 16.2. The molecule has 5 nitrogen and oxygen atoms in total. The summed E-state index contributed by atoms with van der Waals surface area (Å²) in [6.07, 6.45) is 7.14. The number of rotatable bonds is 6. The smallest absolute Gasteiger partial charge is 0.255 e. The Hall–Kier alpha value is -2.69. The summed E-state index contributed by atoms with van der Waals surface area (Å²) in [5, 5.41) is 0.979. The van der Waals surface area contributed by atoms with Gasteiger partial charge < -0.3 is 9.88 Å². The van der Waals surface area contributed by atoms with Crippen molar-refractivity contribution in [3.8, 4) is 0 Å². The van der Waals surface area contributed by atoms with Gasteiger partial charge in [-0.25, -0.2) is 4.98 Å². The van der Waals surface area contributed by atoms with Gasteiger partial charge in [0.05, 0.1) is 17.6 Å². The van der Waals surface area contributed by atoms with Crippen molar-refractivity contribution in [1.82, 2.24) is 19.9 Å². The number of aromatic nitrogens is 3. The van der Waals surface area contributed by atoms with Crippen molar-refractivity contribution in [3.05, 3.63) is 60.3 Å². The quantitative estimate of drug-likeness (QED) is 0.759. The van der Waals surface area contributed by atoms with Crippen LogP contribution in [-0.2, 0) is 6.54 Å². The molecule has 0 fully saturated rings. The number of aromatic amines is 1. The van der Waals surface area contributed by atoms with Gasteiger partial charge in [-0.3, -0.25) is 9.78 Å². The number of carbonyl (C=O) groups is 1. The molecule has 0 spiro atoms. The zero-order valence-corrected chi connectivity index (χ0v) is 13.2. The molecule has 0 saturated heterocycles. The molecule has 0 atom stereocenters. The number of hydrogen-bond donors (Lipinski definition) is 1. The summed E-state index contributed by atoms with van der Waals surface area (Å²) in [6, 6.07) is 9.73. The minimum atomic E-state index is -0.00639. The van der Waals surface area contributed by atoms with Crippen LogP contribution in [0.4, 0.5) is 0 Å². The lowest BCUT2D eigenvalue weighted by atomic mass is 10.1. The molecule has 23 heavy (non-hydrogen) atoms. The number of nitrogens with one attached hydrogen (secondary N) is 1. The van der Waals surface area contributed by atoms with E-state index >= 15 is 0 Å². The van der Waals surface area contributed by atoms with E-state index in [0.717, 1.165) is 29.6 Å². The highest BCUT2D eigenvalue weighted by molar-refractivity contribution is 5.97. The molecular weight excluding hydrogens is 288 g/mol. The van der Waals surface area contributed by atoms with Crippen LogP contribution in [0.15, 0.2) is 48.9 Å². The Labute approximate surface area is 135 Å². The van der Waals surface area contributed by atoms with E-state index in [2.05, 4.69) is 21.9 Å². The van der Waals surface area contributed by atoms with Gasteiger partial charge in [-0.05, 0) is 18.6 Å². The third kappa shape index (κ3) is 3.56. The number of carbonyl (C=O) groups excluding carboxylic acids is 1. The second-order valence-electron chi connectivity index (χ2n) is 5.53. The maximum Gasteiger partial charge on any atom is 0.255 e. The molecule has 2 aromatic heterocycles. The van der Waals surface area contributed by atoms with Crippen LogP contribution in [0, 0.1) is 0 Å². The van der Waals surface area contributed by atoms with Crippen molar-refractivity contribution in [2.75, 3.05) is 6.54 Å². The number of benzene rings is 1. The Balaban J connectivity index is 1.85. The summed E-state index contributed by atoms with van der Waals surface area (Å²) >= 11 is 0. The van der Waals surface area contributed by atoms with Crippen molar-refractivity contribution in [2.45, 2.75) is 26.3 Å². The standard InChI is InChI=1S/C18H20N4O/c1-2-3-10-22(13-17-19-8-9-20-17)18(23)15-11-14-6-4-5-7-16(14)21-12-15/h4-9,11-12H,2-3,10,13H2,1H3,(H,19,20). The highest BCUT2D eigenvalue weighted by Gasteiger charge is 2.17. The van der Waals surface area contributed by atoms with Gasteiger partial charge in [-0.1, -0.05) is 31.5 Å². The van der Waals surface area contributed by atoms with Gasteiger partial charge in [0.1, 0.15) is 5.82 Å². The van der Waals surface area contributed by atoms with Crippen LogP contribution in [0.25, 0.3) is 10.9 Å². The van der Waals surface area contributed by atoms with E-state index in [-0.39, 0.29) is 5.91 Å². The SMILES string of the molecule is CCCCN(Cc1ncc[nH]1)C(=O)c1cnc2ccccc2c1. The summed E-state index contributed by atoms with van der Waals surface area (Å²) in [5.41, 5.74) is 1.52. The van der Waals surface area contributed by atoms with E-state index in [4.69, 9.17) is 0 Å². The van der Waals surface area contributed by atoms with Crippen molar-refractivity contribution >= 4 is 16.8 Å². The number of amides is 1. The van der Waals surface area contributed by atoms with Crippen molar-refractivity contribution in [1.29, 1.82) is 0 Å². The molecular formula is C18H20N4O. The molecule has 0 aliphatic carbocycles. The number of hydrogen-bond acceptors (Lipinski definition) is 3. The van der Waals surface area contributed by atoms with Gasteiger partial charge in [0.2, 0.25) is 0 Å². The van der Waals surface area contributed by atoms with E-state index in [9.17, 15) is 4.79 Å². The fourth-order valence-corrected chi connectivity index (χ4v) is 2.54. The van der Waals surface area contributed by atoms with Crippen molar-refractivity contribution < 1.29 is 4.79 Å². The lowest BCUT2D eigenvalue weighted by Crippen LogP contribution is -2.32. The molecule has 0 saturated carbocycles. The topological polar surface area (TPSA) is 61.9 Å². The molecule has 0 radical (unpaired) electrons. The maximum atomic E-state index is 12.9. The van der Waals surface area contributed by atoms with E-state index in [0.29, 0.717) is 18.7 Å². The first-order valence-electron chi connectivity index (χ1n) is 7.90. The molecule has 1 aromatic carbocycles. The number of H-pyrrole nitrogens is 1. The molecule has 0 aliphatic rings. The number of nitrogens with zero attached hydrogens (tertiary/aromatic N) is 3. The number of imidazole rings is 1. The average molecular weight is 308 g/mol. The minimum absolute atomic E-state index is 0.00639. The zero-order chi connectivity index (χ0) is 16.1. The number of fused-ring (bicyclic) bond motifs is 1. The number of unbranched alkanes of at least 4 members (excludes halogenated alkanes) is 1.